The normalized spacial score (nSPS) is 13.8. The smallest absolute Gasteiger partial charge is 0.309 e. The van der Waals surface area contributed by atoms with E-state index in [1.54, 1.807) is 19.1 Å². The Hall–Kier alpha value is -3.71. The Balaban J connectivity index is 2.10. The van der Waals surface area contributed by atoms with E-state index < -0.39 is 18.0 Å². The Morgan fingerprint density at radius 2 is 1.42 bits per heavy atom. The number of ether oxygens (including phenoxy) is 1. The summed E-state index contributed by atoms with van der Waals surface area (Å²) in [6.45, 7) is 8.99. The fourth-order valence-electron chi connectivity index (χ4n) is 4.12. The van der Waals surface area contributed by atoms with Crippen molar-refractivity contribution in [2.24, 2.45) is 11.8 Å². The van der Waals surface area contributed by atoms with Gasteiger partial charge in [0.2, 0.25) is 11.8 Å². The zero-order chi connectivity index (χ0) is 27.8. The largest absolute Gasteiger partial charge is 0.463 e. The van der Waals surface area contributed by atoms with E-state index in [2.05, 4.69) is 23.8 Å². The minimum Gasteiger partial charge on any atom is -0.463 e. The maximum absolute atomic E-state index is 13.2. The molecule has 0 spiro atoms. The van der Waals surface area contributed by atoms with Gasteiger partial charge in [-0.2, -0.15) is 0 Å². The second-order valence-corrected chi connectivity index (χ2v) is 9.51. The SMILES string of the molecule is C=CC[C@H](CC(=O)N[C@@H](C)CO)C(=O)N[C@@H](COC(=O)[C@H](CC=C)Cc1ccccc1)Cc1ccccc1. The average Bonchev–Trinajstić information content (AvgIpc) is 2.92. The Kier molecular flexibility index (Phi) is 13.6. The van der Waals surface area contributed by atoms with E-state index in [1.807, 2.05) is 60.7 Å². The number of aliphatic hydroxyl groups is 1. The molecule has 0 aliphatic heterocycles. The number of esters is 1. The molecule has 7 heteroatoms. The number of carbonyl (C=O) groups is 3. The predicted octanol–water partition coefficient (Wildman–Crippen LogP) is 3.77. The standard InChI is InChI=1S/C31H40N2O5/c1-4-12-26(20-29(35)32-23(3)21-34)30(36)33-28(19-25-16-10-7-11-17-25)22-38-31(37)27(13-5-2)18-24-14-8-6-9-15-24/h4-11,14-17,23,26-28,34H,1-2,12-13,18-22H2,3H3,(H,32,35)(H,33,36)/t23-,26+,27+,28+/m0/s1. The first-order chi connectivity index (χ1) is 18.4. The minimum atomic E-state index is -0.640. The van der Waals surface area contributed by atoms with Crippen LogP contribution in [0.1, 0.15) is 37.3 Å². The van der Waals surface area contributed by atoms with Crippen molar-refractivity contribution >= 4 is 17.8 Å². The molecule has 2 aromatic rings. The van der Waals surface area contributed by atoms with Crippen LogP contribution >= 0.6 is 0 Å². The van der Waals surface area contributed by atoms with Crippen LogP contribution in [0.5, 0.6) is 0 Å². The summed E-state index contributed by atoms with van der Waals surface area (Å²) in [6, 6.07) is 18.5. The van der Waals surface area contributed by atoms with Crippen molar-refractivity contribution < 1.29 is 24.2 Å². The van der Waals surface area contributed by atoms with Gasteiger partial charge in [-0.25, -0.2) is 0 Å². The van der Waals surface area contributed by atoms with E-state index in [9.17, 15) is 19.5 Å². The molecule has 0 aliphatic carbocycles. The summed E-state index contributed by atoms with van der Waals surface area (Å²) < 4.78 is 5.72. The van der Waals surface area contributed by atoms with E-state index in [-0.39, 0.29) is 43.3 Å². The molecule has 2 aromatic carbocycles. The highest BCUT2D eigenvalue weighted by atomic mass is 16.5. The van der Waals surface area contributed by atoms with Gasteiger partial charge in [-0.05, 0) is 43.7 Å². The van der Waals surface area contributed by atoms with Gasteiger partial charge in [-0.1, -0.05) is 72.8 Å². The minimum absolute atomic E-state index is 0.00352. The zero-order valence-electron chi connectivity index (χ0n) is 22.2. The molecular weight excluding hydrogens is 480 g/mol. The number of carbonyl (C=O) groups excluding carboxylic acids is 3. The van der Waals surface area contributed by atoms with Crippen molar-refractivity contribution in [3.05, 3.63) is 97.1 Å². The van der Waals surface area contributed by atoms with Gasteiger partial charge in [0.25, 0.3) is 0 Å². The van der Waals surface area contributed by atoms with Crippen LogP contribution in [0.3, 0.4) is 0 Å². The van der Waals surface area contributed by atoms with E-state index in [0.29, 0.717) is 25.7 Å². The van der Waals surface area contributed by atoms with Crippen LogP contribution in [0, 0.1) is 11.8 Å². The molecule has 0 unspecified atom stereocenters. The monoisotopic (exact) mass is 520 g/mol. The Labute approximate surface area is 226 Å². The number of aliphatic hydroxyl groups excluding tert-OH is 1. The molecule has 4 atom stereocenters. The van der Waals surface area contributed by atoms with E-state index in [1.165, 1.54) is 0 Å². The number of benzene rings is 2. The zero-order valence-corrected chi connectivity index (χ0v) is 22.2. The van der Waals surface area contributed by atoms with Gasteiger partial charge < -0.3 is 20.5 Å². The molecule has 204 valence electrons. The van der Waals surface area contributed by atoms with Gasteiger partial charge in [0.1, 0.15) is 6.61 Å². The van der Waals surface area contributed by atoms with Crippen LogP contribution < -0.4 is 10.6 Å². The summed E-state index contributed by atoms with van der Waals surface area (Å²) in [5.41, 5.74) is 2.02. The highest BCUT2D eigenvalue weighted by molar-refractivity contribution is 5.86. The van der Waals surface area contributed by atoms with Crippen LogP contribution in [-0.2, 0) is 32.0 Å². The number of nitrogens with one attached hydrogen (secondary N) is 2. The van der Waals surface area contributed by atoms with Gasteiger partial charge in [-0.15, -0.1) is 13.2 Å². The van der Waals surface area contributed by atoms with Gasteiger partial charge in [-0.3, -0.25) is 14.4 Å². The first-order valence-corrected chi connectivity index (χ1v) is 13.0. The summed E-state index contributed by atoms with van der Waals surface area (Å²) in [6.07, 6.45) is 5.04. The number of hydrogen-bond acceptors (Lipinski definition) is 5. The number of amides is 2. The fraction of sp³-hybridized carbons (Fsp3) is 0.387. The van der Waals surface area contributed by atoms with Crippen LogP contribution in [0.4, 0.5) is 0 Å². The molecule has 0 fully saturated rings. The molecule has 2 rings (SSSR count). The Morgan fingerprint density at radius 1 is 0.868 bits per heavy atom. The van der Waals surface area contributed by atoms with Crippen molar-refractivity contribution in [2.45, 2.75) is 51.1 Å². The third-order valence-electron chi connectivity index (χ3n) is 6.14. The Morgan fingerprint density at radius 3 is 1.97 bits per heavy atom. The van der Waals surface area contributed by atoms with Crippen molar-refractivity contribution in [3.63, 3.8) is 0 Å². The molecule has 7 nitrogen and oxygen atoms in total. The van der Waals surface area contributed by atoms with Crippen molar-refractivity contribution in [1.29, 1.82) is 0 Å². The summed E-state index contributed by atoms with van der Waals surface area (Å²) in [4.78, 5) is 38.6. The molecule has 0 bridgehead atoms. The van der Waals surface area contributed by atoms with E-state index in [0.717, 1.165) is 11.1 Å². The summed E-state index contributed by atoms with van der Waals surface area (Å²) in [7, 11) is 0. The number of hydrogen-bond donors (Lipinski definition) is 3. The first-order valence-electron chi connectivity index (χ1n) is 13.0. The van der Waals surface area contributed by atoms with Crippen LogP contribution in [0.15, 0.2) is 86.0 Å². The molecule has 2 amide bonds. The van der Waals surface area contributed by atoms with Gasteiger partial charge in [0.15, 0.2) is 0 Å². The second-order valence-electron chi connectivity index (χ2n) is 9.51. The lowest BCUT2D eigenvalue weighted by molar-refractivity contribution is -0.149. The third-order valence-corrected chi connectivity index (χ3v) is 6.14. The third kappa shape index (κ3) is 11.1. The van der Waals surface area contributed by atoms with Crippen LogP contribution in [0.25, 0.3) is 0 Å². The molecule has 0 radical (unpaired) electrons. The first kappa shape index (κ1) is 30.5. The second kappa shape index (κ2) is 16.9. The lowest BCUT2D eigenvalue weighted by atomic mass is 9.96. The molecule has 0 heterocycles. The highest BCUT2D eigenvalue weighted by Crippen LogP contribution is 2.16. The van der Waals surface area contributed by atoms with Crippen molar-refractivity contribution in [3.8, 4) is 0 Å². The van der Waals surface area contributed by atoms with Gasteiger partial charge in [0, 0.05) is 12.5 Å². The van der Waals surface area contributed by atoms with E-state index in [4.69, 9.17) is 4.74 Å². The van der Waals surface area contributed by atoms with Gasteiger partial charge in [0.05, 0.1) is 24.5 Å². The molecule has 3 N–H and O–H groups in total. The maximum Gasteiger partial charge on any atom is 0.309 e. The molecule has 0 saturated carbocycles. The summed E-state index contributed by atoms with van der Waals surface area (Å²) in [5, 5.41) is 14.8. The highest BCUT2D eigenvalue weighted by Gasteiger charge is 2.26. The summed E-state index contributed by atoms with van der Waals surface area (Å²) >= 11 is 0. The lowest BCUT2D eigenvalue weighted by Crippen LogP contribution is -2.45. The maximum atomic E-state index is 13.2. The van der Waals surface area contributed by atoms with Gasteiger partial charge >= 0.3 is 5.97 Å². The average molecular weight is 521 g/mol. The fourth-order valence-corrected chi connectivity index (χ4v) is 4.12. The van der Waals surface area contributed by atoms with Crippen LogP contribution in [0.2, 0.25) is 0 Å². The topological polar surface area (TPSA) is 105 Å². The number of rotatable bonds is 17. The molecule has 0 aliphatic rings. The predicted molar refractivity (Wildman–Crippen MR) is 149 cm³/mol. The molecular formula is C31H40N2O5. The van der Waals surface area contributed by atoms with E-state index >= 15 is 0 Å². The number of allylic oxidation sites excluding steroid dienone is 2. The molecule has 38 heavy (non-hydrogen) atoms. The van der Waals surface area contributed by atoms with Crippen LogP contribution in [-0.4, -0.2) is 48.2 Å². The molecule has 0 saturated heterocycles. The molecule has 0 aromatic heterocycles. The lowest BCUT2D eigenvalue weighted by Gasteiger charge is -2.24. The quantitative estimate of drug-likeness (QED) is 0.218. The van der Waals surface area contributed by atoms with Crippen molar-refractivity contribution in [1.82, 2.24) is 10.6 Å². The summed E-state index contributed by atoms with van der Waals surface area (Å²) in [5.74, 6) is -2.01. The van der Waals surface area contributed by atoms with Crippen molar-refractivity contribution in [2.75, 3.05) is 13.2 Å². The Bertz CT molecular complexity index is 1030.